The first-order valence-electron chi connectivity index (χ1n) is 14.2. The molecule has 0 spiro atoms. The van der Waals surface area contributed by atoms with Gasteiger partial charge in [0.15, 0.2) is 5.82 Å². The van der Waals surface area contributed by atoms with E-state index in [0.717, 1.165) is 62.2 Å². The van der Waals surface area contributed by atoms with Crippen molar-refractivity contribution in [1.82, 2.24) is 14.6 Å². The van der Waals surface area contributed by atoms with Crippen LogP contribution in [0.25, 0.3) is 5.52 Å². The van der Waals surface area contributed by atoms with E-state index in [2.05, 4.69) is 58.7 Å². The van der Waals surface area contributed by atoms with E-state index in [1.165, 1.54) is 11.1 Å². The highest BCUT2D eigenvalue weighted by Gasteiger charge is 2.39. The normalized spacial score (nSPS) is 22.2. The Morgan fingerprint density at radius 2 is 1.90 bits per heavy atom. The van der Waals surface area contributed by atoms with Gasteiger partial charge in [-0.15, -0.1) is 0 Å². The van der Waals surface area contributed by atoms with Crippen molar-refractivity contribution in [3.8, 4) is 0 Å². The van der Waals surface area contributed by atoms with Crippen LogP contribution in [0.1, 0.15) is 78.2 Å². The highest BCUT2D eigenvalue weighted by molar-refractivity contribution is 5.89. The topological polar surface area (TPSA) is 77.8 Å². The van der Waals surface area contributed by atoms with Crippen LogP contribution in [-0.4, -0.2) is 39.9 Å². The molecule has 2 heterocycles. The zero-order valence-electron chi connectivity index (χ0n) is 22.5. The molecule has 7 nitrogen and oxygen atoms in total. The Morgan fingerprint density at radius 1 is 1.05 bits per heavy atom. The van der Waals surface area contributed by atoms with E-state index >= 15 is 0 Å². The van der Waals surface area contributed by atoms with Gasteiger partial charge in [0.2, 0.25) is 0 Å². The highest BCUT2D eigenvalue weighted by Crippen LogP contribution is 2.42. The van der Waals surface area contributed by atoms with Gasteiger partial charge in [-0.1, -0.05) is 55.8 Å². The summed E-state index contributed by atoms with van der Waals surface area (Å²) in [5.41, 5.74) is 5.43. The van der Waals surface area contributed by atoms with E-state index < -0.39 is 0 Å². The largest absolute Gasteiger partial charge is 0.458 e. The van der Waals surface area contributed by atoms with Crippen molar-refractivity contribution in [2.75, 3.05) is 18.5 Å². The Hall–Kier alpha value is -3.71. The molecular formula is C32H36N4O3. The van der Waals surface area contributed by atoms with Gasteiger partial charge in [0.1, 0.15) is 17.9 Å². The maximum absolute atomic E-state index is 12.9. The molecule has 0 radical (unpaired) electrons. The standard InChI is InChI=1S/C32H36N4O3/c1-2-3-17-38-20-25-18-24(19-30(25)39-32(37)23-10-5-4-6-11-23)28-15-16-29-31(33-21-34-36(28)29)35-27-14-13-22-9-7-8-12-26(22)27/h4-12,15-16,21,24-25,27,30H,2-3,13-14,17-20H2,1H3,(H,33,34,35)/t24-,25?,27+,30+/m1/s1. The van der Waals surface area contributed by atoms with Gasteiger partial charge in [-0.05, 0) is 67.5 Å². The molecule has 0 saturated heterocycles. The number of fused-ring (bicyclic) bond motifs is 2. The van der Waals surface area contributed by atoms with Gasteiger partial charge < -0.3 is 14.8 Å². The van der Waals surface area contributed by atoms with Crippen molar-refractivity contribution < 1.29 is 14.3 Å². The number of carbonyl (C=O) groups is 1. The van der Waals surface area contributed by atoms with Gasteiger partial charge in [0, 0.05) is 24.1 Å². The summed E-state index contributed by atoms with van der Waals surface area (Å²) in [6.45, 7) is 3.49. The number of hydrogen-bond acceptors (Lipinski definition) is 6. The molecule has 2 aromatic heterocycles. The van der Waals surface area contributed by atoms with E-state index in [9.17, 15) is 4.79 Å². The number of unbranched alkanes of at least 4 members (excludes halogenated alkanes) is 1. The zero-order chi connectivity index (χ0) is 26.6. The molecule has 0 bridgehead atoms. The van der Waals surface area contributed by atoms with E-state index in [4.69, 9.17) is 9.47 Å². The molecule has 7 heteroatoms. The summed E-state index contributed by atoms with van der Waals surface area (Å²) in [6.07, 6.45) is 7.32. The van der Waals surface area contributed by atoms with E-state index in [1.807, 2.05) is 22.7 Å². The lowest BCUT2D eigenvalue weighted by atomic mass is 10.0. The molecule has 2 aliphatic rings. The smallest absolute Gasteiger partial charge is 0.338 e. The monoisotopic (exact) mass is 524 g/mol. The third kappa shape index (κ3) is 5.41. The van der Waals surface area contributed by atoms with E-state index in [-0.39, 0.29) is 30.0 Å². The summed E-state index contributed by atoms with van der Waals surface area (Å²) in [7, 11) is 0. The highest BCUT2D eigenvalue weighted by atomic mass is 16.5. The number of esters is 1. The number of hydrogen-bond donors (Lipinski definition) is 1. The molecule has 6 rings (SSSR count). The fourth-order valence-corrected chi connectivity index (χ4v) is 6.15. The van der Waals surface area contributed by atoms with Crippen LogP contribution in [0.15, 0.2) is 73.1 Å². The number of anilines is 1. The molecule has 202 valence electrons. The Balaban J connectivity index is 1.21. The van der Waals surface area contributed by atoms with Crippen LogP contribution in [0.2, 0.25) is 0 Å². The molecule has 1 N–H and O–H groups in total. The van der Waals surface area contributed by atoms with Crippen molar-refractivity contribution in [2.24, 2.45) is 5.92 Å². The van der Waals surface area contributed by atoms with E-state index in [1.54, 1.807) is 18.5 Å². The van der Waals surface area contributed by atoms with Gasteiger partial charge in [0.25, 0.3) is 0 Å². The molecule has 1 fully saturated rings. The first-order valence-corrected chi connectivity index (χ1v) is 14.2. The minimum Gasteiger partial charge on any atom is -0.458 e. The summed E-state index contributed by atoms with van der Waals surface area (Å²) in [4.78, 5) is 17.5. The maximum atomic E-state index is 12.9. The molecular weight excluding hydrogens is 488 g/mol. The van der Waals surface area contributed by atoms with Gasteiger partial charge in [-0.2, -0.15) is 5.10 Å². The average molecular weight is 525 g/mol. The Labute approximate surface area is 229 Å². The lowest BCUT2D eigenvalue weighted by Crippen LogP contribution is -2.25. The Kier molecular flexibility index (Phi) is 7.59. The van der Waals surface area contributed by atoms with Crippen LogP contribution in [0, 0.1) is 5.92 Å². The summed E-state index contributed by atoms with van der Waals surface area (Å²) >= 11 is 0. The second-order valence-corrected chi connectivity index (χ2v) is 10.8. The SMILES string of the molecule is CCCCOCC1C[C@@H](c2ccc3c(N[C@H]4CCc5ccccc54)ncnn23)C[C@@H]1OC(=O)c1ccccc1. The average Bonchev–Trinajstić information content (AvgIpc) is 3.69. The van der Waals surface area contributed by atoms with Crippen molar-refractivity contribution in [2.45, 2.75) is 63.5 Å². The molecule has 0 amide bonds. The van der Waals surface area contributed by atoms with Crippen LogP contribution in [0.3, 0.4) is 0 Å². The molecule has 1 saturated carbocycles. The molecule has 4 atom stereocenters. The van der Waals surface area contributed by atoms with Crippen molar-refractivity contribution in [3.63, 3.8) is 0 Å². The fourth-order valence-electron chi connectivity index (χ4n) is 6.15. The minimum atomic E-state index is -0.273. The van der Waals surface area contributed by atoms with Gasteiger partial charge in [-0.3, -0.25) is 0 Å². The lowest BCUT2D eigenvalue weighted by molar-refractivity contribution is 0.00185. The van der Waals surface area contributed by atoms with E-state index in [0.29, 0.717) is 12.2 Å². The number of benzene rings is 2. The van der Waals surface area contributed by atoms with Crippen molar-refractivity contribution >= 4 is 17.3 Å². The third-order valence-electron chi connectivity index (χ3n) is 8.22. The molecule has 2 aromatic carbocycles. The molecule has 4 aromatic rings. The van der Waals surface area contributed by atoms with Crippen LogP contribution in [0.4, 0.5) is 5.82 Å². The number of aryl methyl sites for hydroxylation is 1. The Morgan fingerprint density at radius 3 is 2.77 bits per heavy atom. The molecule has 39 heavy (non-hydrogen) atoms. The van der Waals surface area contributed by atoms with Crippen LogP contribution in [-0.2, 0) is 15.9 Å². The van der Waals surface area contributed by atoms with Crippen molar-refractivity contribution in [1.29, 1.82) is 0 Å². The predicted octanol–water partition coefficient (Wildman–Crippen LogP) is 6.36. The summed E-state index contributed by atoms with van der Waals surface area (Å²) in [5, 5.41) is 8.32. The third-order valence-corrected chi connectivity index (χ3v) is 8.22. The summed E-state index contributed by atoms with van der Waals surface area (Å²) in [6, 6.07) is 22.4. The number of nitrogens with one attached hydrogen (secondary N) is 1. The number of aromatic nitrogens is 3. The van der Waals surface area contributed by atoms with Gasteiger partial charge >= 0.3 is 5.97 Å². The minimum absolute atomic E-state index is 0.138. The molecule has 2 aliphatic carbocycles. The fraction of sp³-hybridized carbons (Fsp3) is 0.406. The predicted molar refractivity (Wildman–Crippen MR) is 151 cm³/mol. The van der Waals surface area contributed by atoms with Crippen molar-refractivity contribution in [3.05, 3.63) is 95.4 Å². The summed E-state index contributed by atoms with van der Waals surface area (Å²) < 4.78 is 14.1. The number of nitrogens with zero attached hydrogens (tertiary/aromatic N) is 3. The lowest BCUT2D eigenvalue weighted by Gasteiger charge is -2.20. The van der Waals surface area contributed by atoms with Gasteiger partial charge in [-0.25, -0.2) is 14.3 Å². The second-order valence-electron chi connectivity index (χ2n) is 10.8. The first kappa shape index (κ1) is 25.6. The number of carbonyl (C=O) groups excluding carboxylic acids is 1. The quantitative estimate of drug-likeness (QED) is 0.192. The van der Waals surface area contributed by atoms with Crippen LogP contribution < -0.4 is 5.32 Å². The maximum Gasteiger partial charge on any atom is 0.338 e. The Bertz CT molecular complexity index is 1420. The molecule has 1 unspecified atom stereocenters. The first-order chi connectivity index (χ1) is 19.2. The van der Waals surface area contributed by atoms with Crippen LogP contribution >= 0.6 is 0 Å². The van der Waals surface area contributed by atoms with Crippen LogP contribution in [0.5, 0.6) is 0 Å². The molecule has 0 aliphatic heterocycles. The second kappa shape index (κ2) is 11.6. The summed E-state index contributed by atoms with van der Waals surface area (Å²) in [5.74, 6) is 0.920. The number of rotatable bonds is 10. The zero-order valence-corrected chi connectivity index (χ0v) is 22.5. The number of ether oxygens (including phenoxy) is 2. The van der Waals surface area contributed by atoms with Gasteiger partial charge in [0.05, 0.1) is 18.2 Å².